The van der Waals surface area contributed by atoms with Crippen molar-refractivity contribution in [3.63, 3.8) is 0 Å². The minimum absolute atomic E-state index is 0.394. The normalized spacial score (nSPS) is 17.4. The summed E-state index contributed by atoms with van der Waals surface area (Å²) in [4.78, 5) is 0. The summed E-state index contributed by atoms with van der Waals surface area (Å²) in [5.74, 6) is 0.861. The van der Waals surface area contributed by atoms with Gasteiger partial charge in [0.1, 0.15) is 0 Å². The molecular formula is C7H14Cl2OTi. The van der Waals surface area contributed by atoms with Crippen molar-refractivity contribution in [1.82, 2.24) is 0 Å². The van der Waals surface area contributed by atoms with Gasteiger partial charge in [0.15, 0.2) is 0 Å². The van der Waals surface area contributed by atoms with Crippen LogP contribution in [0.3, 0.4) is 0 Å². The topological polar surface area (TPSA) is 20.2 Å². The van der Waals surface area contributed by atoms with E-state index in [1.54, 1.807) is 0 Å². The van der Waals surface area contributed by atoms with Crippen LogP contribution in [0.2, 0.25) is 0 Å². The van der Waals surface area contributed by atoms with E-state index < -0.39 is 17.0 Å². The van der Waals surface area contributed by atoms with Crippen molar-refractivity contribution >= 4 is 18.6 Å². The van der Waals surface area contributed by atoms with Crippen molar-refractivity contribution in [2.45, 2.75) is 32.1 Å². The van der Waals surface area contributed by atoms with Gasteiger partial charge in [-0.3, -0.25) is 0 Å². The second kappa shape index (κ2) is 9.34. The van der Waals surface area contributed by atoms with Crippen LogP contribution in [0.5, 0.6) is 0 Å². The molecule has 1 rings (SSSR count). The van der Waals surface area contributed by atoms with E-state index in [0.29, 0.717) is 6.61 Å². The maximum atomic E-state index is 8.53. The van der Waals surface area contributed by atoms with Crippen LogP contribution in [-0.2, 0) is 17.0 Å². The number of halogens is 2. The summed E-state index contributed by atoms with van der Waals surface area (Å²) in [6.45, 7) is 0.394. The summed E-state index contributed by atoms with van der Waals surface area (Å²) in [7, 11) is 9.78. The van der Waals surface area contributed by atoms with Crippen molar-refractivity contribution < 1.29 is 22.1 Å². The first-order valence-electron chi connectivity index (χ1n) is 3.92. The van der Waals surface area contributed by atoms with E-state index in [2.05, 4.69) is 0 Å². The predicted molar refractivity (Wildman–Crippen MR) is 45.4 cm³/mol. The Kier molecular flexibility index (Phi) is 10.4. The van der Waals surface area contributed by atoms with Crippen LogP contribution < -0.4 is 0 Å². The fraction of sp³-hybridized carbons (Fsp3) is 1.00. The van der Waals surface area contributed by atoms with E-state index in [4.69, 9.17) is 23.7 Å². The van der Waals surface area contributed by atoms with Gasteiger partial charge in [0.05, 0.1) is 0 Å². The number of aliphatic hydroxyl groups is 1. The van der Waals surface area contributed by atoms with Crippen LogP contribution in [0.1, 0.15) is 32.1 Å². The molecule has 0 radical (unpaired) electrons. The average molecular weight is 233 g/mol. The minimum atomic E-state index is -0.556. The molecule has 1 nitrogen and oxygen atoms in total. The van der Waals surface area contributed by atoms with Crippen molar-refractivity contribution in [1.29, 1.82) is 0 Å². The van der Waals surface area contributed by atoms with E-state index >= 15 is 0 Å². The molecule has 0 unspecified atom stereocenters. The molecule has 11 heavy (non-hydrogen) atoms. The average Bonchev–Trinajstić information content (AvgIpc) is 2.42. The van der Waals surface area contributed by atoms with Crippen LogP contribution in [0.25, 0.3) is 0 Å². The van der Waals surface area contributed by atoms with Crippen LogP contribution in [0.4, 0.5) is 0 Å². The van der Waals surface area contributed by atoms with Gasteiger partial charge < -0.3 is 5.11 Å². The summed E-state index contributed by atoms with van der Waals surface area (Å²) in [5.41, 5.74) is 0. The van der Waals surface area contributed by atoms with E-state index in [9.17, 15) is 0 Å². The van der Waals surface area contributed by atoms with E-state index in [0.717, 1.165) is 12.3 Å². The van der Waals surface area contributed by atoms with Gasteiger partial charge in [0, 0.05) is 6.61 Å². The fourth-order valence-electron chi connectivity index (χ4n) is 1.48. The van der Waals surface area contributed by atoms with Gasteiger partial charge in [-0.2, -0.15) is 0 Å². The van der Waals surface area contributed by atoms with E-state index in [1.807, 2.05) is 0 Å². The summed E-state index contributed by atoms with van der Waals surface area (Å²) >= 11 is -0.556. The Morgan fingerprint density at radius 2 is 1.73 bits per heavy atom. The molecule has 0 heterocycles. The zero-order chi connectivity index (χ0) is 8.53. The molecule has 0 amide bonds. The zero-order valence-corrected chi connectivity index (χ0v) is 9.60. The monoisotopic (exact) mass is 232 g/mol. The number of hydrogen-bond acceptors (Lipinski definition) is 1. The third kappa shape index (κ3) is 7.61. The van der Waals surface area contributed by atoms with Gasteiger partial charge in [-0.15, -0.1) is 0 Å². The van der Waals surface area contributed by atoms with E-state index in [1.165, 1.54) is 25.7 Å². The Labute approximate surface area is 85.1 Å². The Morgan fingerprint density at radius 1 is 1.27 bits per heavy atom. The van der Waals surface area contributed by atoms with Gasteiger partial charge >= 0.3 is 35.6 Å². The molecule has 1 fully saturated rings. The Morgan fingerprint density at radius 3 is 2.09 bits per heavy atom. The van der Waals surface area contributed by atoms with Crippen molar-refractivity contribution in [2.24, 2.45) is 5.92 Å². The third-order valence-corrected chi connectivity index (χ3v) is 2.01. The molecule has 0 atom stereocenters. The first kappa shape index (κ1) is 12.3. The second-order valence-electron chi connectivity index (χ2n) is 2.73. The summed E-state index contributed by atoms with van der Waals surface area (Å²) in [6.07, 6.45) is 6.55. The number of hydrogen-bond donors (Lipinski definition) is 1. The van der Waals surface area contributed by atoms with Crippen molar-refractivity contribution in [3.05, 3.63) is 0 Å². The van der Waals surface area contributed by atoms with Gasteiger partial charge in [0.25, 0.3) is 0 Å². The molecule has 0 bridgehead atoms. The molecule has 1 N–H and O–H groups in total. The number of rotatable bonds is 2. The van der Waals surface area contributed by atoms with E-state index in [-0.39, 0.29) is 0 Å². The standard InChI is InChI=1S/C7H14O.2ClH.Ti/c8-6-5-7-3-1-2-4-7;;;/h7-8H,1-6H2;2*1H;/q;;;+2/p-2. The molecule has 0 aromatic heterocycles. The molecule has 4 heteroatoms. The van der Waals surface area contributed by atoms with Crippen LogP contribution in [0.15, 0.2) is 0 Å². The quantitative estimate of drug-likeness (QED) is 0.727. The van der Waals surface area contributed by atoms with Gasteiger partial charge in [-0.05, 0) is 12.3 Å². The molecule has 1 aliphatic rings. The second-order valence-corrected chi connectivity index (χ2v) is 5.31. The molecule has 1 aliphatic carbocycles. The van der Waals surface area contributed by atoms with Crippen LogP contribution in [0, 0.1) is 5.92 Å². The Balaban J connectivity index is 0.000000292. The molecule has 0 aliphatic heterocycles. The molecule has 0 aromatic rings. The molecular weight excluding hydrogens is 219 g/mol. The predicted octanol–water partition coefficient (Wildman–Crippen LogP) is 2.94. The van der Waals surface area contributed by atoms with Gasteiger partial charge in [-0.25, -0.2) is 0 Å². The summed E-state index contributed by atoms with van der Waals surface area (Å²) < 4.78 is 0. The van der Waals surface area contributed by atoms with Gasteiger partial charge in [-0.1, -0.05) is 25.7 Å². The third-order valence-electron chi connectivity index (χ3n) is 2.01. The summed E-state index contributed by atoms with van der Waals surface area (Å²) in [5, 5.41) is 8.53. The SMILES string of the molecule is OCCC1CCCC1.[Cl][Ti][Cl]. The first-order chi connectivity index (χ1) is 5.35. The van der Waals surface area contributed by atoms with Crippen molar-refractivity contribution in [3.8, 4) is 0 Å². The fourth-order valence-corrected chi connectivity index (χ4v) is 1.48. The number of aliphatic hydroxyl groups excluding tert-OH is 1. The molecule has 0 aromatic carbocycles. The van der Waals surface area contributed by atoms with Crippen LogP contribution >= 0.6 is 18.6 Å². The zero-order valence-electron chi connectivity index (χ0n) is 6.52. The Bertz CT molecular complexity index is 76.8. The summed E-state index contributed by atoms with van der Waals surface area (Å²) in [6, 6.07) is 0. The molecule has 1 saturated carbocycles. The molecule has 66 valence electrons. The maximum absolute atomic E-state index is 8.53. The first-order valence-corrected chi connectivity index (χ1v) is 8.22. The molecule has 0 spiro atoms. The van der Waals surface area contributed by atoms with Gasteiger partial charge in [0.2, 0.25) is 0 Å². The van der Waals surface area contributed by atoms with Crippen molar-refractivity contribution in [2.75, 3.05) is 6.61 Å². The van der Waals surface area contributed by atoms with Crippen LogP contribution in [-0.4, -0.2) is 11.7 Å². The molecule has 0 saturated heterocycles. The Hall–Kier alpha value is 1.25.